The van der Waals surface area contributed by atoms with Crippen LogP contribution < -0.4 is 16.0 Å². The van der Waals surface area contributed by atoms with E-state index in [1.807, 2.05) is 31.2 Å². The lowest BCUT2D eigenvalue weighted by Gasteiger charge is -2.21. The van der Waals surface area contributed by atoms with Crippen molar-refractivity contribution in [2.24, 2.45) is 0 Å². The zero-order valence-electron chi connectivity index (χ0n) is 11.7. The van der Waals surface area contributed by atoms with E-state index in [0.717, 1.165) is 35.5 Å². The van der Waals surface area contributed by atoms with Crippen molar-refractivity contribution in [3.63, 3.8) is 0 Å². The number of anilines is 1. The highest BCUT2D eigenvalue weighted by Gasteiger charge is 2.15. The van der Waals surface area contributed by atoms with Crippen molar-refractivity contribution in [1.82, 2.24) is 10.6 Å². The molecule has 5 heteroatoms. The van der Waals surface area contributed by atoms with E-state index in [1.165, 1.54) is 0 Å². The number of nitrogens with one attached hydrogen (secondary N) is 3. The van der Waals surface area contributed by atoms with Gasteiger partial charge in [0, 0.05) is 31.4 Å². The Bertz CT molecular complexity index is 541. The number of carbonyl (C=O) groups is 2. The first-order valence-electron chi connectivity index (χ1n) is 6.60. The number of hydrogen-bond donors (Lipinski definition) is 3. The van der Waals surface area contributed by atoms with Gasteiger partial charge in [-0.25, -0.2) is 0 Å². The van der Waals surface area contributed by atoms with Gasteiger partial charge in [0.05, 0.1) is 6.42 Å². The molecule has 3 N–H and O–H groups in total. The molecule has 1 aromatic carbocycles. The monoisotopic (exact) mass is 273 g/mol. The second-order valence-corrected chi connectivity index (χ2v) is 4.83. The van der Waals surface area contributed by atoms with Gasteiger partial charge in [0.1, 0.15) is 0 Å². The van der Waals surface area contributed by atoms with Gasteiger partial charge in [0.2, 0.25) is 5.91 Å². The summed E-state index contributed by atoms with van der Waals surface area (Å²) in [6.07, 6.45) is 0.347. The molecule has 2 amide bonds. The Morgan fingerprint density at radius 3 is 2.35 bits per heavy atom. The summed E-state index contributed by atoms with van der Waals surface area (Å²) in [6.45, 7) is 3.43. The summed E-state index contributed by atoms with van der Waals surface area (Å²) in [5, 5.41) is 8.56. The fraction of sp³-hybridized carbons (Fsp3) is 0.333. The highest BCUT2D eigenvalue weighted by Crippen LogP contribution is 2.14. The van der Waals surface area contributed by atoms with E-state index in [9.17, 15) is 9.59 Å². The van der Waals surface area contributed by atoms with Gasteiger partial charge in [0.15, 0.2) is 0 Å². The predicted octanol–water partition coefficient (Wildman–Crippen LogP) is 0.833. The first kappa shape index (κ1) is 14.3. The molecule has 1 heterocycles. The van der Waals surface area contributed by atoms with E-state index in [4.69, 9.17) is 0 Å². The van der Waals surface area contributed by atoms with Crippen LogP contribution in [0.25, 0.3) is 0 Å². The van der Waals surface area contributed by atoms with Gasteiger partial charge in [-0.1, -0.05) is 12.1 Å². The molecule has 0 unspecified atom stereocenters. The van der Waals surface area contributed by atoms with Crippen molar-refractivity contribution in [3.05, 3.63) is 41.0 Å². The lowest BCUT2D eigenvalue weighted by Crippen LogP contribution is -2.36. The van der Waals surface area contributed by atoms with E-state index < -0.39 is 0 Å². The molecule has 1 saturated heterocycles. The maximum Gasteiger partial charge on any atom is 0.251 e. The topological polar surface area (TPSA) is 70.2 Å². The van der Waals surface area contributed by atoms with Crippen LogP contribution in [-0.4, -0.2) is 32.0 Å². The number of benzene rings is 1. The molecular formula is C15H19N3O2. The van der Waals surface area contributed by atoms with Gasteiger partial charge >= 0.3 is 0 Å². The number of carbonyl (C=O) groups excluding carboxylic acids is 2. The highest BCUT2D eigenvalue weighted by atomic mass is 16.2. The zero-order valence-corrected chi connectivity index (χ0v) is 11.7. The standard InChI is InChI=1S/C15H19N3O2/c1-10(12-8-17-9-12)15(20)18-13-5-3-11(4-6-13)7-14(19)16-2/h3-6,17H,7-9H2,1-2H3,(H,16,19)(H,18,20). The summed E-state index contributed by atoms with van der Waals surface area (Å²) >= 11 is 0. The molecule has 0 aliphatic carbocycles. The number of hydrogen-bond acceptors (Lipinski definition) is 3. The van der Waals surface area contributed by atoms with Crippen molar-refractivity contribution in [1.29, 1.82) is 0 Å². The largest absolute Gasteiger partial charge is 0.359 e. The van der Waals surface area contributed by atoms with Gasteiger partial charge < -0.3 is 16.0 Å². The first-order chi connectivity index (χ1) is 9.60. The van der Waals surface area contributed by atoms with E-state index >= 15 is 0 Å². The fourth-order valence-electron chi connectivity index (χ4n) is 1.88. The maximum absolute atomic E-state index is 12.0. The van der Waals surface area contributed by atoms with Crippen LogP contribution in [0, 0.1) is 0 Å². The molecule has 1 fully saturated rings. The molecule has 2 rings (SSSR count). The van der Waals surface area contributed by atoms with Crippen LogP contribution >= 0.6 is 0 Å². The Morgan fingerprint density at radius 1 is 1.20 bits per heavy atom. The summed E-state index contributed by atoms with van der Waals surface area (Å²) in [5.74, 6) is -0.0969. The average molecular weight is 273 g/mol. The highest BCUT2D eigenvalue weighted by molar-refractivity contribution is 6.04. The van der Waals surface area contributed by atoms with E-state index in [-0.39, 0.29) is 11.8 Å². The molecule has 1 aliphatic rings. The number of amides is 2. The number of likely N-dealkylation sites (N-methyl/N-ethyl adjacent to an activating group) is 1. The third kappa shape index (κ3) is 3.45. The third-order valence-corrected chi connectivity index (χ3v) is 3.40. The Balaban J connectivity index is 1.96. The molecular weight excluding hydrogens is 254 g/mol. The molecule has 0 aromatic heterocycles. The second-order valence-electron chi connectivity index (χ2n) is 4.83. The first-order valence-corrected chi connectivity index (χ1v) is 6.60. The second kappa shape index (κ2) is 6.34. The van der Waals surface area contributed by atoms with Crippen LogP contribution in [0.4, 0.5) is 5.69 Å². The Kier molecular flexibility index (Phi) is 4.53. The van der Waals surface area contributed by atoms with Crippen molar-refractivity contribution >= 4 is 17.5 Å². The minimum Gasteiger partial charge on any atom is -0.359 e. The Labute approximate surface area is 118 Å². The number of rotatable bonds is 4. The minimum absolute atomic E-state index is 0.0279. The SMILES string of the molecule is CNC(=O)Cc1ccc(NC(=O)C(C)=C2CNC2)cc1. The smallest absolute Gasteiger partial charge is 0.251 e. The van der Waals surface area contributed by atoms with Crippen molar-refractivity contribution in [2.45, 2.75) is 13.3 Å². The van der Waals surface area contributed by atoms with E-state index in [1.54, 1.807) is 7.05 Å². The van der Waals surface area contributed by atoms with Crippen LogP contribution in [0.2, 0.25) is 0 Å². The van der Waals surface area contributed by atoms with Crippen LogP contribution in [0.3, 0.4) is 0 Å². The van der Waals surface area contributed by atoms with Gasteiger partial charge in [0.25, 0.3) is 5.91 Å². The Hall–Kier alpha value is -2.14. The molecule has 1 aliphatic heterocycles. The van der Waals surface area contributed by atoms with Crippen LogP contribution in [0.15, 0.2) is 35.4 Å². The van der Waals surface area contributed by atoms with Crippen LogP contribution in [0.1, 0.15) is 12.5 Å². The van der Waals surface area contributed by atoms with Gasteiger partial charge in [-0.2, -0.15) is 0 Å². The van der Waals surface area contributed by atoms with Crippen LogP contribution in [-0.2, 0) is 16.0 Å². The molecule has 20 heavy (non-hydrogen) atoms. The Morgan fingerprint density at radius 2 is 1.85 bits per heavy atom. The van der Waals surface area contributed by atoms with E-state index in [0.29, 0.717) is 6.42 Å². The summed E-state index contributed by atoms with van der Waals surface area (Å²) in [5.41, 5.74) is 3.58. The lowest BCUT2D eigenvalue weighted by atomic mass is 10.0. The zero-order chi connectivity index (χ0) is 14.5. The minimum atomic E-state index is -0.0689. The molecule has 0 spiro atoms. The lowest BCUT2D eigenvalue weighted by molar-refractivity contribution is -0.120. The molecule has 5 nitrogen and oxygen atoms in total. The van der Waals surface area contributed by atoms with Gasteiger partial charge in [-0.15, -0.1) is 0 Å². The molecule has 0 atom stereocenters. The molecule has 106 valence electrons. The van der Waals surface area contributed by atoms with Gasteiger partial charge in [-0.05, 0) is 30.2 Å². The normalized spacial score (nSPS) is 13.4. The van der Waals surface area contributed by atoms with Crippen molar-refractivity contribution in [2.75, 3.05) is 25.5 Å². The summed E-state index contributed by atoms with van der Waals surface area (Å²) in [7, 11) is 1.61. The van der Waals surface area contributed by atoms with E-state index in [2.05, 4.69) is 16.0 Å². The van der Waals surface area contributed by atoms with Crippen molar-refractivity contribution < 1.29 is 9.59 Å². The molecule has 0 radical (unpaired) electrons. The third-order valence-electron chi connectivity index (χ3n) is 3.40. The van der Waals surface area contributed by atoms with Gasteiger partial charge in [-0.3, -0.25) is 9.59 Å². The quantitative estimate of drug-likeness (QED) is 0.712. The summed E-state index contributed by atoms with van der Waals surface area (Å²) < 4.78 is 0. The average Bonchev–Trinajstić information content (AvgIpc) is 2.38. The fourth-order valence-corrected chi connectivity index (χ4v) is 1.88. The molecule has 1 aromatic rings. The maximum atomic E-state index is 12.0. The molecule has 0 saturated carbocycles. The predicted molar refractivity (Wildman–Crippen MR) is 78.4 cm³/mol. The molecule has 0 bridgehead atoms. The summed E-state index contributed by atoms with van der Waals surface area (Å²) in [6, 6.07) is 7.32. The summed E-state index contributed by atoms with van der Waals surface area (Å²) in [4.78, 5) is 23.2. The van der Waals surface area contributed by atoms with Crippen LogP contribution in [0.5, 0.6) is 0 Å². The van der Waals surface area contributed by atoms with Crippen molar-refractivity contribution in [3.8, 4) is 0 Å².